The average Bonchev–Trinajstić information content (AvgIpc) is 2.05. The van der Waals surface area contributed by atoms with Gasteiger partial charge < -0.3 is 5.11 Å². The molecule has 12 heavy (non-hydrogen) atoms. The minimum absolute atomic E-state index is 0.333. The van der Waals surface area contributed by atoms with E-state index in [1.165, 1.54) is 13.1 Å². The van der Waals surface area contributed by atoms with Gasteiger partial charge in [0.15, 0.2) is 0 Å². The van der Waals surface area contributed by atoms with Crippen molar-refractivity contribution in [3.8, 4) is 0 Å². The van der Waals surface area contributed by atoms with Crippen LogP contribution in [0.4, 0.5) is 4.39 Å². The monoisotopic (exact) mass is 233 g/mol. The van der Waals surface area contributed by atoms with Crippen LogP contribution in [0.5, 0.6) is 0 Å². The lowest BCUT2D eigenvalue weighted by Gasteiger charge is -2.18. The van der Waals surface area contributed by atoms with Gasteiger partial charge in [-0.25, -0.2) is 4.39 Å². The summed E-state index contributed by atoms with van der Waals surface area (Å²) in [5, 5.41) is 9.46. The molecule has 0 aliphatic rings. The van der Waals surface area contributed by atoms with E-state index < -0.39 is 12.3 Å². The smallest absolute Gasteiger partial charge is 0.132 e. The predicted molar refractivity (Wildman–Crippen MR) is 47.5 cm³/mol. The molecule has 1 N–H and O–H groups in total. The van der Waals surface area contributed by atoms with Crippen molar-refractivity contribution < 1.29 is 9.50 Å². The first-order chi connectivity index (χ1) is 5.56. The van der Waals surface area contributed by atoms with E-state index in [0.29, 0.717) is 5.69 Å². The van der Waals surface area contributed by atoms with E-state index in [-0.39, 0.29) is 0 Å². The van der Waals surface area contributed by atoms with Gasteiger partial charge in [0.1, 0.15) is 12.3 Å². The van der Waals surface area contributed by atoms with Crippen molar-refractivity contribution in [2.75, 3.05) is 6.67 Å². The van der Waals surface area contributed by atoms with Crippen molar-refractivity contribution in [1.29, 1.82) is 0 Å². The SMILES string of the molecule is CC(O)(CF)c1cc(Br)ccn1. The highest BCUT2D eigenvalue weighted by Gasteiger charge is 2.24. The Bertz CT molecular complexity index is 278. The van der Waals surface area contributed by atoms with Crippen LogP contribution in [-0.2, 0) is 5.60 Å². The number of rotatable bonds is 2. The zero-order valence-electron chi connectivity index (χ0n) is 6.59. The van der Waals surface area contributed by atoms with Gasteiger partial charge in [-0.15, -0.1) is 0 Å². The van der Waals surface area contributed by atoms with Gasteiger partial charge in [-0.3, -0.25) is 4.98 Å². The number of hydrogen-bond donors (Lipinski definition) is 1. The van der Waals surface area contributed by atoms with Crippen LogP contribution in [-0.4, -0.2) is 16.8 Å². The second-order valence-electron chi connectivity index (χ2n) is 2.77. The summed E-state index contributed by atoms with van der Waals surface area (Å²) in [6, 6.07) is 3.32. The minimum atomic E-state index is -1.48. The number of aliphatic hydroxyl groups is 1. The van der Waals surface area contributed by atoms with Crippen LogP contribution in [0, 0.1) is 0 Å². The largest absolute Gasteiger partial charge is 0.381 e. The maximum atomic E-state index is 12.3. The molecule has 0 saturated heterocycles. The van der Waals surface area contributed by atoms with Gasteiger partial charge in [0.05, 0.1) is 5.69 Å². The second kappa shape index (κ2) is 3.49. The Kier molecular flexibility index (Phi) is 2.80. The molecule has 0 aromatic carbocycles. The summed E-state index contributed by atoms with van der Waals surface area (Å²) >= 11 is 3.21. The molecule has 0 bridgehead atoms. The Hall–Kier alpha value is -0.480. The van der Waals surface area contributed by atoms with Gasteiger partial charge in [-0.2, -0.15) is 0 Å². The van der Waals surface area contributed by atoms with Gasteiger partial charge in [-0.1, -0.05) is 15.9 Å². The zero-order valence-corrected chi connectivity index (χ0v) is 8.18. The summed E-state index contributed by atoms with van der Waals surface area (Å²) in [5.41, 5.74) is -1.15. The van der Waals surface area contributed by atoms with Crippen molar-refractivity contribution in [3.63, 3.8) is 0 Å². The molecule has 0 amide bonds. The van der Waals surface area contributed by atoms with E-state index in [4.69, 9.17) is 0 Å². The molecule has 4 heteroatoms. The summed E-state index contributed by atoms with van der Waals surface area (Å²) in [6.45, 7) is 0.554. The number of aromatic nitrogens is 1. The van der Waals surface area contributed by atoms with Crippen molar-refractivity contribution in [1.82, 2.24) is 4.98 Å². The molecule has 0 aliphatic heterocycles. The number of halogens is 2. The van der Waals surface area contributed by atoms with Gasteiger partial charge in [0.25, 0.3) is 0 Å². The number of alkyl halides is 1. The third kappa shape index (κ3) is 2.01. The average molecular weight is 234 g/mol. The first-order valence-corrected chi connectivity index (χ1v) is 4.26. The Morgan fingerprint density at radius 2 is 2.42 bits per heavy atom. The molecular weight excluding hydrogens is 225 g/mol. The summed E-state index contributed by atoms with van der Waals surface area (Å²) < 4.78 is 13.1. The molecule has 0 fully saturated rings. The third-order valence-electron chi connectivity index (χ3n) is 1.53. The van der Waals surface area contributed by atoms with E-state index in [0.717, 1.165) is 4.47 Å². The van der Waals surface area contributed by atoms with E-state index in [9.17, 15) is 9.50 Å². The van der Waals surface area contributed by atoms with Gasteiger partial charge >= 0.3 is 0 Å². The molecule has 1 aromatic rings. The quantitative estimate of drug-likeness (QED) is 0.849. The molecular formula is C8H9BrFNO. The summed E-state index contributed by atoms with van der Waals surface area (Å²) in [6.07, 6.45) is 1.52. The highest BCUT2D eigenvalue weighted by Crippen LogP contribution is 2.21. The summed E-state index contributed by atoms with van der Waals surface area (Å²) in [7, 11) is 0. The molecule has 0 spiro atoms. The molecule has 1 unspecified atom stereocenters. The fourth-order valence-corrected chi connectivity index (χ4v) is 1.10. The molecule has 1 aromatic heterocycles. The topological polar surface area (TPSA) is 33.1 Å². The van der Waals surface area contributed by atoms with Crippen LogP contribution in [0.3, 0.4) is 0 Å². The van der Waals surface area contributed by atoms with E-state index in [1.807, 2.05) is 0 Å². The second-order valence-corrected chi connectivity index (χ2v) is 3.68. The summed E-state index contributed by atoms with van der Waals surface area (Å²) in [4.78, 5) is 3.86. The van der Waals surface area contributed by atoms with Gasteiger partial charge in [0.2, 0.25) is 0 Å². The molecule has 1 atom stereocenters. The Morgan fingerprint density at radius 3 is 2.92 bits per heavy atom. The van der Waals surface area contributed by atoms with E-state index >= 15 is 0 Å². The Balaban J connectivity index is 3.03. The Morgan fingerprint density at radius 1 is 1.75 bits per heavy atom. The zero-order chi connectivity index (χ0) is 9.19. The molecule has 2 nitrogen and oxygen atoms in total. The molecule has 0 aliphatic carbocycles. The fraction of sp³-hybridized carbons (Fsp3) is 0.375. The standard InChI is InChI=1S/C8H9BrFNO/c1-8(12,5-10)7-4-6(9)2-3-11-7/h2-4,12H,5H2,1H3. The summed E-state index contributed by atoms with van der Waals surface area (Å²) in [5.74, 6) is 0. The van der Waals surface area contributed by atoms with Crippen LogP contribution in [0.2, 0.25) is 0 Å². The lowest BCUT2D eigenvalue weighted by molar-refractivity contribution is 0.0258. The highest BCUT2D eigenvalue weighted by atomic mass is 79.9. The number of nitrogens with zero attached hydrogens (tertiary/aromatic N) is 1. The van der Waals surface area contributed by atoms with Crippen molar-refractivity contribution in [2.45, 2.75) is 12.5 Å². The molecule has 66 valence electrons. The van der Waals surface area contributed by atoms with Crippen LogP contribution >= 0.6 is 15.9 Å². The maximum Gasteiger partial charge on any atom is 0.132 e. The number of hydrogen-bond acceptors (Lipinski definition) is 2. The normalized spacial score (nSPS) is 15.7. The Labute approximate surface area is 78.6 Å². The van der Waals surface area contributed by atoms with Crippen LogP contribution in [0.15, 0.2) is 22.8 Å². The van der Waals surface area contributed by atoms with Crippen molar-refractivity contribution in [3.05, 3.63) is 28.5 Å². The van der Waals surface area contributed by atoms with Gasteiger partial charge in [0, 0.05) is 10.7 Å². The van der Waals surface area contributed by atoms with E-state index in [1.54, 1.807) is 12.1 Å². The molecule has 1 heterocycles. The first kappa shape index (κ1) is 9.61. The molecule has 0 saturated carbocycles. The van der Waals surface area contributed by atoms with Crippen LogP contribution in [0.25, 0.3) is 0 Å². The van der Waals surface area contributed by atoms with Crippen LogP contribution in [0.1, 0.15) is 12.6 Å². The van der Waals surface area contributed by atoms with Crippen molar-refractivity contribution in [2.24, 2.45) is 0 Å². The fourth-order valence-electron chi connectivity index (χ4n) is 0.768. The lowest BCUT2D eigenvalue weighted by atomic mass is 10.0. The minimum Gasteiger partial charge on any atom is -0.381 e. The van der Waals surface area contributed by atoms with E-state index in [2.05, 4.69) is 20.9 Å². The van der Waals surface area contributed by atoms with Crippen molar-refractivity contribution >= 4 is 15.9 Å². The third-order valence-corrected chi connectivity index (χ3v) is 2.03. The molecule has 0 radical (unpaired) electrons. The van der Waals surface area contributed by atoms with Gasteiger partial charge in [-0.05, 0) is 19.1 Å². The number of pyridine rings is 1. The first-order valence-electron chi connectivity index (χ1n) is 3.46. The highest BCUT2D eigenvalue weighted by molar-refractivity contribution is 9.10. The predicted octanol–water partition coefficient (Wildman–Crippen LogP) is 2.02. The maximum absolute atomic E-state index is 12.3. The lowest BCUT2D eigenvalue weighted by Crippen LogP contribution is -2.24. The molecule has 1 rings (SSSR count). The van der Waals surface area contributed by atoms with Crippen LogP contribution < -0.4 is 0 Å².